The molecular formula is C11H22N6. The molecule has 0 aliphatic carbocycles. The lowest BCUT2D eigenvalue weighted by atomic mass is 10.0. The maximum Gasteiger partial charge on any atom is 0.188 e. The molecule has 1 aromatic heterocycles. The molecule has 96 valence electrons. The van der Waals surface area contributed by atoms with Crippen LogP contribution in [0.5, 0.6) is 0 Å². The second-order valence-corrected chi connectivity index (χ2v) is 4.67. The highest BCUT2D eigenvalue weighted by atomic mass is 15.6. The molecule has 1 aromatic rings. The summed E-state index contributed by atoms with van der Waals surface area (Å²) in [5, 5.41) is 15.7. The van der Waals surface area contributed by atoms with Crippen LogP contribution in [-0.4, -0.2) is 50.8 Å². The molecule has 0 aromatic carbocycles. The van der Waals surface area contributed by atoms with E-state index in [1.54, 1.807) is 7.05 Å². The highest BCUT2D eigenvalue weighted by molar-refractivity contribution is 4.81. The third-order valence-electron chi connectivity index (χ3n) is 3.25. The molecule has 0 spiro atoms. The Bertz CT molecular complexity index is 330. The van der Waals surface area contributed by atoms with Crippen molar-refractivity contribution in [3.8, 4) is 0 Å². The van der Waals surface area contributed by atoms with Crippen LogP contribution in [0.1, 0.15) is 32.0 Å². The molecule has 2 heterocycles. The van der Waals surface area contributed by atoms with E-state index in [9.17, 15) is 0 Å². The van der Waals surface area contributed by atoms with E-state index >= 15 is 0 Å². The number of nitrogens with one attached hydrogen (secondary N) is 1. The smallest absolute Gasteiger partial charge is 0.188 e. The monoisotopic (exact) mass is 238 g/mol. The highest BCUT2D eigenvalue weighted by Crippen LogP contribution is 2.09. The molecule has 1 N–H and O–H groups in total. The van der Waals surface area contributed by atoms with Crippen LogP contribution in [0.2, 0.25) is 0 Å². The maximum atomic E-state index is 4.22. The molecule has 1 unspecified atom stereocenters. The zero-order valence-corrected chi connectivity index (χ0v) is 10.8. The summed E-state index contributed by atoms with van der Waals surface area (Å²) in [4.78, 5) is 3.89. The van der Waals surface area contributed by atoms with Crippen LogP contribution in [0.3, 0.4) is 0 Å². The first-order valence-corrected chi connectivity index (χ1v) is 6.46. The number of hydrogen-bond donors (Lipinski definition) is 1. The minimum Gasteiger partial charge on any atom is -0.313 e. The van der Waals surface area contributed by atoms with Gasteiger partial charge in [-0.05, 0) is 31.1 Å². The van der Waals surface area contributed by atoms with Crippen LogP contribution in [0.4, 0.5) is 0 Å². The van der Waals surface area contributed by atoms with Gasteiger partial charge < -0.3 is 5.32 Å². The van der Waals surface area contributed by atoms with Crippen LogP contribution in [0.25, 0.3) is 0 Å². The van der Waals surface area contributed by atoms with E-state index in [4.69, 9.17) is 0 Å². The first kappa shape index (κ1) is 12.4. The number of hydrogen-bond acceptors (Lipinski definition) is 5. The largest absolute Gasteiger partial charge is 0.313 e. The van der Waals surface area contributed by atoms with E-state index in [0.717, 1.165) is 32.0 Å². The second kappa shape index (κ2) is 6.07. The maximum absolute atomic E-state index is 4.22. The van der Waals surface area contributed by atoms with Gasteiger partial charge in [-0.3, -0.25) is 4.90 Å². The molecule has 1 atom stereocenters. The Balaban J connectivity index is 1.83. The van der Waals surface area contributed by atoms with Crippen molar-refractivity contribution in [1.29, 1.82) is 0 Å². The Morgan fingerprint density at radius 1 is 1.47 bits per heavy atom. The van der Waals surface area contributed by atoms with E-state index in [2.05, 4.69) is 32.6 Å². The van der Waals surface area contributed by atoms with Crippen molar-refractivity contribution in [3.05, 3.63) is 5.82 Å². The molecule has 17 heavy (non-hydrogen) atoms. The minimum absolute atomic E-state index is 0.625. The third-order valence-corrected chi connectivity index (χ3v) is 3.25. The van der Waals surface area contributed by atoms with E-state index in [1.165, 1.54) is 24.1 Å². The summed E-state index contributed by atoms with van der Waals surface area (Å²) >= 11 is 0. The van der Waals surface area contributed by atoms with Crippen molar-refractivity contribution in [2.24, 2.45) is 7.05 Å². The van der Waals surface area contributed by atoms with Crippen LogP contribution in [0.15, 0.2) is 0 Å². The average molecular weight is 238 g/mol. The molecule has 1 aliphatic heterocycles. The fraction of sp³-hybridized carbons (Fsp3) is 0.909. The average Bonchev–Trinajstić information content (AvgIpc) is 2.75. The molecular weight excluding hydrogens is 216 g/mol. The molecule has 6 nitrogen and oxygen atoms in total. The van der Waals surface area contributed by atoms with Gasteiger partial charge in [0.15, 0.2) is 5.82 Å². The van der Waals surface area contributed by atoms with Crippen molar-refractivity contribution in [3.63, 3.8) is 0 Å². The molecule has 1 fully saturated rings. The van der Waals surface area contributed by atoms with Gasteiger partial charge in [0.2, 0.25) is 0 Å². The van der Waals surface area contributed by atoms with Gasteiger partial charge in [-0.15, -0.1) is 10.2 Å². The van der Waals surface area contributed by atoms with E-state index in [-0.39, 0.29) is 0 Å². The van der Waals surface area contributed by atoms with Crippen LogP contribution < -0.4 is 5.32 Å². The summed E-state index contributed by atoms with van der Waals surface area (Å²) in [7, 11) is 1.80. The Morgan fingerprint density at radius 3 is 2.94 bits per heavy atom. The number of aromatic nitrogens is 4. The molecule has 0 amide bonds. The van der Waals surface area contributed by atoms with Crippen LogP contribution in [-0.2, 0) is 13.6 Å². The Labute approximate surface area is 102 Å². The summed E-state index contributed by atoms with van der Waals surface area (Å²) in [5.41, 5.74) is 0. The Morgan fingerprint density at radius 2 is 2.35 bits per heavy atom. The second-order valence-electron chi connectivity index (χ2n) is 4.67. The van der Waals surface area contributed by atoms with Gasteiger partial charge >= 0.3 is 0 Å². The molecule has 6 heteroatoms. The van der Waals surface area contributed by atoms with Crippen molar-refractivity contribution < 1.29 is 0 Å². The topological polar surface area (TPSA) is 58.9 Å². The molecule has 1 saturated heterocycles. The molecule has 0 saturated carbocycles. The number of likely N-dealkylation sites (N-methyl/N-ethyl adjacent to an activating group) is 1. The van der Waals surface area contributed by atoms with Crippen LogP contribution >= 0.6 is 0 Å². The van der Waals surface area contributed by atoms with Gasteiger partial charge in [0.05, 0.1) is 13.6 Å². The van der Waals surface area contributed by atoms with Crippen molar-refractivity contribution in [1.82, 2.24) is 30.4 Å². The normalized spacial score (nSPS) is 21.0. The lowest BCUT2D eigenvalue weighted by Gasteiger charge is -2.29. The van der Waals surface area contributed by atoms with Crippen LogP contribution in [0, 0.1) is 0 Å². The number of rotatable bonds is 5. The minimum atomic E-state index is 0.625. The number of aryl methyl sites for hydroxylation is 1. The summed E-state index contributed by atoms with van der Waals surface area (Å²) in [6, 6.07) is 0.625. The van der Waals surface area contributed by atoms with E-state index < -0.39 is 0 Å². The van der Waals surface area contributed by atoms with Gasteiger partial charge in [-0.2, -0.15) is 4.80 Å². The van der Waals surface area contributed by atoms with Gasteiger partial charge in [0.1, 0.15) is 0 Å². The SMILES string of the molecule is CCN(Cc1nnn(C)n1)CC1CCCCN1. The van der Waals surface area contributed by atoms with Gasteiger partial charge in [0, 0.05) is 12.6 Å². The Kier molecular flexibility index (Phi) is 4.44. The summed E-state index contributed by atoms with van der Waals surface area (Å²) in [5.74, 6) is 0.810. The number of tetrazole rings is 1. The van der Waals surface area contributed by atoms with Gasteiger partial charge in [0.25, 0.3) is 0 Å². The first-order valence-electron chi connectivity index (χ1n) is 6.46. The predicted molar refractivity (Wildman–Crippen MR) is 65.4 cm³/mol. The predicted octanol–water partition coefficient (Wildman–Crippen LogP) is 0.174. The van der Waals surface area contributed by atoms with Gasteiger partial charge in [-0.1, -0.05) is 13.3 Å². The fourth-order valence-corrected chi connectivity index (χ4v) is 2.28. The molecule has 0 radical (unpaired) electrons. The molecule has 1 aliphatic rings. The number of nitrogens with zero attached hydrogens (tertiary/aromatic N) is 5. The first-order chi connectivity index (χ1) is 8.28. The van der Waals surface area contributed by atoms with E-state index in [0.29, 0.717) is 6.04 Å². The summed E-state index contributed by atoms with van der Waals surface area (Å²) < 4.78 is 0. The third kappa shape index (κ3) is 3.74. The highest BCUT2D eigenvalue weighted by Gasteiger charge is 2.17. The standard InChI is InChI=1S/C11H22N6/c1-3-17(8-10-6-4-5-7-12-10)9-11-13-15-16(2)14-11/h10,12H,3-9H2,1-2H3. The van der Waals surface area contributed by atoms with Crippen molar-refractivity contribution >= 4 is 0 Å². The van der Waals surface area contributed by atoms with E-state index in [1.807, 2.05) is 0 Å². The summed E-state index contributed by atoms with van der Waals surface area (Å²) in [6.45, 7) is 6.23. The summed E-state index contributed by atoms with van der Waals surface area (Å²) in [6.07, 6.45) is 3.94. The molecule has 0 bridgehead atoms. The lowest BCUT2D eigenvalue weighted by Crippen LogP contribution is -2.43. The number of piperidine rings is 1. The quantitative estimate of drug-likeness (QED) is 0.792. The van der Waals surface area contributed by atoms with Crippen molar-refractivity contribution in [2.75, 3.05) is 19.6 Å². The fourth-order valence-electron chi connectivity index (χ4n) is 2.28. The zero-order chi connectivity index (χ0) is 12.1. The van der Waals surface area contributed by atoms with Gasteiger partial charge in [-0.25, -0.2) is 0 Å². The van der Waals surface area contributed by atoms with Crippen molar-refractivity contribution in [2.45, 2.75) is 38.8 Å². The lowest BCUT2D eigenvalue weighted by molar-refractivity contribution is 0.222. The molecule has 2 rings (SSSR count). The Hall–Kier alpha value is -1.01. The zero-order valence-electron chi connectivity index (χ0n) is 10.8.